The van der Waals surface area contributed by atoms with Gasteiger partial charge in [-0.25, -0.2) is 0 Å². The molecule has 2 fully saturated rings. The van der Waals surface area contributed by atoms with E-state index in [1.165, 1.54) is 6.42 Å². The Morgan fingerprint density at radius 2 is 1.86 bits per heavy atom. The van der Waals surface area contributed by atoms with Gasteiger partial charge in [0.25, 0.3) is 0 Å². The molecule has 0 spiro atoms. The molecule has 0 atom stereocenters. The second-order valence-corrected chi connectivity index (χ2v) is 6.08. The van der Waals surface area contributed by atoms with Crippen LogP contribution in [0.3, 0.4) is 0 Å². The Bertz CT molecular complexity index is 478. The van der Waals surface area contributed by atoms with Crippen LogP contribution in [0.1, 0.15) is 32.1 Å². The van der Waals surface area contributed by atoms with Crippen LogP contribution in [-0.2, 0) is 4.79 Å². The van der Waals surface area contributed by atoms with E-state index in [1.54, 1.807) is 6.20 Å². The Hall–Kier alpha value is -1.69. The first-order chi connectivity index (χ1) is 10.2. The summed E-state index contributed by atoms with van der Waals surface area (Å²) in [5.41, 5.74) is 5.73. The summed E-state index contributed by atoms with van der Waals surface area (Å²) < 4.78 is 0. The molecular weight excluding hydrogens is 266 g/mol. The van der Waals surface area contributed by atoms with E-state index in [4.69, 9.17) is 5.73 Å². The van der Waals surface area contributed by atoms with Gasteiger partial charge in [-0.05, 0) is 25.0 Å². The van der Waals surface area contributed by atoms with E-state index in [9.17, 15) is 4.79 Å². The molecule has 21 heavy (non-hydrogen) atoms. The second-order valence-electron chi connectivity index (χ2n) is 6.08. The maximum absolute atomic E-state index is 12.7. The minimum Gasteiger partial charge on any atom is -0.352 e. The predicted molar refractivity (Wildman–Crippen MR) is 80.8 cm³/mol. The largest absolute Gasteiger partial charge is 0.352 e. The van der Waals surface area contributed by atoms with Crippen LogP contribution in [0.15, 0.2) is 18.3 Å². The second kappa shape index (κ2) is 5.97. The van der Waals surface area contributed by atoms with Crippen LogP contribution in [-0.4, -0.2) is 52.7 Å². The number of anilines is 1. The van der Waals surface area contributed by atoms with Crippen molar-refractivity contribution in [1.82, 2.24) is 15.1 Å². The molecule has 1 saturated heterocycles. The zero-order chi connectivity index (χ0) is 14.7. The zero-order valence-electron chi connectivity index (χ0n) is 12.4. The predicted octanol–water partition coefficient (Wildman–Crippen LogP) is 0.787. The molecule has 1 aromatic rings. The molecule has 114 valence electrons. The molecular formula is C15H23N5O. The highest BCUT2D eigenvalue weighted by molar-refractivity contribution is 5.86. The quantitative estimate of drug-likeness (QED) is 0.871. The number of amides is 1. The van der Waals surface area contributed by atoms with E-state index in [0.717, 1.165) is 44.6 Å². The van der Waals surface area contributed by atoms with Crippen LogP contribution in [0.25, 0.3) is 0 Å². The number of hydrogen-bond acceptors (Lipinski definition) is 5. The molecule has 3 rings (SSSR count). The van der Waals surface area contributed by atoms with Crippen molar-refractivity contribution in [3.8, 4) is 0 Å². The van der Waals surface area contributed by atoms with Crippen molar-refractivity contribution in [3.63, 3.8) is 0 Å². The van der Waals surface area contributed by atoms with E-state index >= 15 is 0 Å². The zero-order valence-corrected chi connectivity index (χ0v) is 12.4. The van der Waals surface area contributed by atoms with Crippen molar-refractivity contribution in [3.05, 3.63) is 18.3 Å². The van der Waals surface area contributed by atoms with Gasteiger partial charge in [0.2, 0.25) is 5.91 Å². The Morgan fingerprint density at radius 1 is 1.14 bits per heavy atom. The van der Waals surface area contributed by atoms with Crippen molar-refractivity contribution >= 4 is 11.7 Å². The van der Waals surface area contributed by atoms with E-state index < -0.39 is 5.54 Å². The highest BCUT2D eigenvalue weighted by Crippen LogP contribution is 2.28. The average Bonchev–Trinajstić information content (AvgIpc) is 2.56. The summed E-state index contributed by atoms with van der Waals surface area (Å²) in [6, 6.07) is 3.84. The molecule has 6 heteroatoms. The smallest absolute Gasteiger partial charge is 0.242 e. The molecule has 1 saturated carbocycles. The first-order valence-electron chi connectivity index (χ1n) is 7.80. The Kier molecular flexibility index (Phi) is 4.05. The third kappa shape index (κ3) is 3.00. The lowest BCUT2D eigenvalue weighted by atomic mass is 9.81. The van der Waals surface area contributed by atoms with Gasteiger partial charge in [0.15, 0.2) is 5.82 Å². The Balaban J connectivity index is 1.59. The summed E-state index contributed by atoms with van der Waals surface area (Å²) >= 11 is 0. The van der Waals surface area contributed by atoms with Crippen LogP contribution in [0.5, 0.6) is 0 Å². The lowest BCUT2D eigenvalue weighted by molar-refractivity contribution is -0.138. The molecule has 2 aliphatic rings. The number of aromatic nitrogens is 2. The van der Waals surface area contributed by atoms with Crippen LogP contribution >= 0.6 is 0 Å². The van der Waals surface area contributed by atoms with Gasteiger partial charge in [-0.15, -0.1) is 5.10 Å². The highest BCUT2D eigenvalue weighted by Gasteiger charge is 2.39. The first-order valence-corrected chi connectivity index (χ1v) is 7.80. The number of rotatable bonds is 2. The summed E-state index contributed by atoms with van der Waals surface area (Å²) in [7, 11) is 0. The molecule has 1 aromatic heterocycles. The molecule has 0 bridgehead atoms. The number of carbonyl (C=O) groups excluding carboxylic acids is 1. The van der Waals surface area contributed by atoms with Crippen molar-refractivity contribution in [2.24, 2.45) is 5.73 Å². The highest BCUT2D eigenvalue weighted by atomic mass is 16.2. The molecule has 0 aromatic carbocycles. The van der Waals surface area contributed by atoms with Gasteiger partial charge in [-0.1, -0.05) is 19.3 Å². The lowest BCUT2D eigenvalue weighted by Crippen LogP contribution is -2.60. The monoisotopic (exact) mass is 289 g/mol. The fraction of sp³-hybridized carbons (Fsp3) is 0.667. The standard InChI is InChI=1S/C15H23N5O/c16-15(6-2-1-3-7-15)14(21)20-11-9-19(10-12-20)13-5-4-8-17-18-13/h4-5,8H,1-3,6-7,9-12,16H2. The molecule has 2 N–H and O–H groups in total. The number of carbonyl (C=O) groups is 1. The van der Waals surface area contributed by atoms with Crippen molar-refractivity contribution in [2.45, 2.75) is 37.6 Å². The molecule has 0 radical (unpaired) electrons. The molecule has 1 amide bonds. The molecule has 6 nitrogen and oxygen atoms in total. The summed E-state index contributed by atoms with van der Waals surface area (Å²) in [6.07, 6.45) is 6.67. The first kappa shape index (κ1) is 14.3. The van der Waals surface area contributed by atoms with Crippen LogP contribution in [0.4, 0.5) is 5.82 Å². The maximum atomic E-state index is 12.7. The van der Waals surface area contributed by atoms with Gasteiger partial charge in [-0.2, -0.15) is 5.10 Å². The fourth-order valence-electron chi connectivity index (χ4n) is 3.31. The lowest BCUT2D eigenvalue weighted by Gasteiger charge is -2.41. The van der Waals surface area contributed by atoms with E-state index in [-0.39, 0.29) is 5.91 Å². The van der Waals surface area contributed by atoms with Crippen molar-refractivity contribution < 1.29 is 4.79 Å². The fourth-order valence-corrected chi connectivity index (χ4v) is 3.31. The minimum absolute atomic E-state index is 0.140. The molecule has 2 heterocycles. The number of hydrogen-bond donors (Lipinski definition) is 1. The maximum Gasteiger partial charge on any atom is 0.242 e. The normalized spacial score (nSPS) is 22.1. The van der Waals surface area contributed by atoms with E-state index in [0.29, 0.717) is 13.1 Å². The third-order valence-electron chi connectivity index (χ3n) is 4.62. The topological polar surface area (TPSA) is 75.4 Å². The van der Waals surface area contributed by atoms with E-state index in [1.807, 2.05) is 17.0 Å². The molecule has 1 aliphatic heterocycles. The van der Waals surface area contributed by atoms with Gasteiger partial charge in [0.05, 0.1) is 5.54 Å². The summed E-state index contributed by atoms with van der Waals surface area (Å²) in [4.78, 5) is 16.8. The third-order valence-corrected chi connectivity index (χ3v) is 4.62. The van der Waals surface area contributed by atoms with Gasteiger partial charge in [0, 0.05) is 32.4 Å². The SMILES string of the molecule is NC1(C(=O)N2CCN(c3cccnn3)CC2)CCCCC1. The number of piperazine rings is 1. The molecule has 1 aliphatic carbocycles. The van der Waals surface area contributed by atoms with Gasteiger partial charge in [0.1, 0.15) is 0 Å². The van der Waals surface area contributed by atoms with Gasteiger partial charge >= 0.3 is 0 Å². The van der Waals surface area contributed by atoms with Crippen LogP contribution in [0.2, 0.25) is 0 Å². The number of nitrogens with zero attached hydrogens (tertiary/aromatic N) is 4. The van der Waals surface area contributed by atoms with Crippen molar-refractivity contribution in [1.29, 1.82) is 0 Å². The van der Waals surface area contributed by atoms with Gasteiger partial charge in [-0.3, -0.25) is 4.79 Å². The summed E-state index contributed by atoms with van der Waals surface area (Å²) in [5, 5.41) is 8.03. The number of nitrogens with two attached hydrogens (primary N) is 1. The van der Waals surface area contributed by atoms with Crippen LogP contribution < -0.4 is 10.6 Å². The van der Waals surface area contributed by atoms with E-state index in [2.05, 4.69) is 15.1 Å². The van der Waals surface area contributed by atoms with Crippen molar-refractivity contribution in [2.75, 3.05) is 31.1 Å². The summed E-state index contributed by atoms with van der Waals surface area (Å²) in [5.74, 6) is 1.02. The molecule has 0 unspecified atom stereocenters. The van der Waals surface area contributed by atoms with Gasteiger partial charge < -0.3 is 15.5 Å². The minimum atomic E-state index is -0.618. The Morgan fingerprint density at radius 3 is 2.48 bits per heavy atom. The van der Waals surface area contributed by atoms with Crippen LogP contribution in [0, 0.1) is 0 Å². The Labute approximate surface area is 125 Å². The summed E-state index contributed by atoms with van der Waals surface area (Å²) in [6.45, 7) is 3.02. The average molecular weight is 289 g/mol.